The first kappa shape index (κ1) is 25.7. The number of halogens is 1. The first-order valence-corrected chi connectivity index (χ1v) is 9.83. The largest absolute Gasteiger partial charge is 0.496 e. The number of guanidine groups is 1. The SMILES string of the molecule is CN=C(NCCc1cccc(C(=O)N(C)C)c1)NCCc1ccc(C)c(OC)c1.I. The van der Waals surface area contributed by atoms with E-state index in [4.69, 9.17) is 4.74 Å². The predicted molar refractivity (Wildman–Crippen MR) is 134 cm³/mol. The van der Waals surface area contributed by atoms with Crippen LogP contribution in [0.25, 0.3) is 0 Å². The van der Waals surface area contributed by atoms with Crippen molar-refractivity contribution in [2.75, 3.05) is 41.3 Å². The number of benzene rings is 2. The molecule has 1 amide bonds. The minimum atomic E-state index is 0. The standard InChI is InChI=1S/C23H32N4O2.HI/c1-17-9-10-19(16-21(17)29-5)12-14-26-23(24-2)25-13-11-18-7-6-8-20(15-18)22(28)27(3)4;/h6-10,15-16H,11-14H2,1-5H3,(H2,24,25,26);1H. The molecule has 6 nitrogen and oxygen atoms in total. The Morgan fingerprint density at radius 2 is 1.67 bits per heavy atom. The van der Waals surface area contributed by atoms with Crippen LogP contribution >= 0.6 is 24.0 Å². The van der Waals surface area contributed by atoms with E-state index in [1.54, 1.807) is 33.2 Å². The van der Waals surface area contributed by atoms with E-state index >= 15 is 0 Å². The third-order valence-electron chi connectivity index (χ3n) is 4.69. The van der Waals surface area contributed by atoms with Crippen LogP contribution < -0.4 is 15.4 Å². The summed E-state index contributed by atoms with van der Waals surface area (Å²) in [5.41, 5.74) is 4.19. The zero-order valence-electron chi connectivity index (χ0n) is 18.5. The van der Waals surface area contributed by atoms with Gasteiger partial charge in [0.25, 0.3) is 5.91 Å². The summed E-state index contributed by atoms with van der Waals surface area (Å²) in [6.07, 6.45) is 1.69. The number of ether oxygens (including phenoxy) is 1. The summed E-state index contributed by atoms with van der Waals surface area (Å²) in [7, 11) is 6.99. The minimum Gasteiger partial charge on any atom is -0.496 e. The fraction of sp³-hybridized carbons (Fsp3) is 0.391. The first-order chi connectivity index (χ1) is 13.9. The Bertz CT molecular complexity index is 853. The van der Waals surface area contributed by atoms with Crippen LogP contribution in [0, 0.1) is 6.92 Å². The van der Waals surface area contributed by atoms with Gasteiger partial charge in [0.2, 0.25) is 0 Å². The second kappa shape index (κ2) is 13.1. The van der Waals surface area contributed by atoms with E-state index in [0.717, 1.165) is 48.8 Å². The van der Waals surface area contributed by atoms with Crippen LogP contribution in [0.15, 0.2) is 47.5 Å². The Balaban J connectivity index is 0.00000450. The summed E-state index contributed by atoms with van der Waals surface area (Å²) < 4.78 is 5.39. The Morgan fingerprint density at radius 1 is 1.03 bits per heavy atom. The molecule has 0 saturated heterocycles. The number of hydrogen-bond acceptors (Lipinski definition) is 3. The number of amides is 1. The van der Waals surface area contributed by atoms with Crippen molar-refractivity contribution in [3.05, 3.63) is 64.7 Å². The van der Waals surface area contributed by atoms with Gasteiger partial charge in [0.1, 0.15) is 5.75 Å². The molecule has 0 bridgehead atoms. The molecule has 0 unspecified atom stereocenters. The van der Waals surface area contributed by atoms with Gasteiger partial charge in [0.15, 0.2) is 5.96 Å². The van der Waals surface area contributed by atoms with Crippen molar-refractivity contribution in [2.24, 2.45) is 4.99 Å². The second-order valence-electron chi connectivity index (χ2n) is 7.13. The van der Waals surface area contributed by atoms with Crippen LogP contribution in [0.2, 0.25) is 0 Å². The van der Waals surface area contributed by atoms with Gasteiger partial charge in [-0.1, -0.05) is 24.3 Å². The molecule has 0 heterocycles. The predicted octanol–water partition coefficient (Wildman–Crippen LogP) is 3.27. The Morgan fingerprint density at radius 3 is 2.23 bits per heavy atom. The second-order valence-corrected chi connectivity index (χ2v) is 7.13. The van der Waals surface area contributed by atoms with Crippen LogP contribution in [-0.2, 0) is 12.8 Å². The smallest absolute Gasteiger partial charge is 0.253 e. The highest BCUT2D eigenvalue weighted by molar-refractivity contribution is 14.0. The zero-order valence-corrected chi connectivity index (χ0v) is 20.8. The molecule has 0 aliphatic heterocycles. The maximum absolute atomic E-state index is 12.1. The molecule has 0 aromatic heterocycles. The maximum Gasteiger partial charge on any atom is 0.253 e. The molecule has 0 saturated carbocycles. The van der Waals surface area contributed by atoms with Gasteiger partial charge < -0.3 is 20.3 Å². The lowest BCUT2D eigenvalue weighted by Crippen LogP contribution is -2.39. The quantitative estimate of drug-likeness (QED) is 0.316. The molecule has 2 aromatic rings. The number of nitrogens with one attached hydrogen (secondary N) is 2. The number of carbonyl (C=O) groups excluding carboxylic acids is 1. The lowest BCUT2D eigenvalue weighted by molar-refractivity contribution is 0.0827. The summed E-state index contributed by atoms with van der Waals surface area (Å²) >= 11 is 0. The number of carbonyl (C=O) groups is 1. The molecule has 0 radical (unpaired) electrons. The van der Waals surface area contributed by atoms with Gasteiger partial charge in [-0.25, -0.2) is 0 Å². The molecule has 30 heavy (non-hydrogen) atoms. The van der Waals surface area contributed by atoms with Gasteiger partial charge in [-0.05, 0) is 54.7 Å². The fourth-order valence-corrected chi connectivity index (χ4v) is 3.01. The average Bonchev–Trinajstić information content (AvgIpc) is 2.73. The van der Waals surface area contributed by atoms with Gasteiger partial charge in [-0.3, -0.25) is 9.79 Å². The van der Waals surface area contributed by atoms with Crippen molar-refractivity contribution in [3.8, 4) is 5.75 Å². The number of hydrogen-bond donors (Lipinski definition) is 2. The van der Waals surface area contributed by atoms with Gasteiger partial charge in [0, 0.05) is 39.8 Å². The van der Waals surface area contributed by atoms with Crippen molar-refractivity contribution < 1.29 is 9.53 Å². The van der Waals surface area contributed by atoms with E-state index in [1.165, 1.54) is 5.56 Å². The highest BCUT2D eigenvalue weighted by Crippen LogP contribution is 2.19. The number of aliphatic imine (C=N–C) groups is 1. The van der Waals surface area contributed by atoms with E-state index in [1.807, 2.05) is 31.2 Å². The average molecular weight is 524 g/mol. The third kappa shape index (κ3) is 7.85. The van der Waals surface area contributed by atoms with Gasteiger partial charge in [-0.2, -0.15) is 0 Å². The Hall–Kier alpha value is -2.29. The number of aryl methyl sites for hydroxylation is 1. The molecule has 0 fully saturated rings. The molecule has 164 valence electrons. The number of methoxy groups -OCH3 is 1. The highest BCUT2D eigenvalue weighted by Gasteiger charge is 2.08. The van der Waals surface area contributed by atoms with Crippen molar-refractivity contribution in [1.29, 1.82) is 0 Å². The van der Waals surface area contributed by atoms with Gasteiger partial charge in [-0.15, -0.1) is 24.0 Å². The van der Waals surface area contributed by atoms with Gasteiger partial charge in [0.05, 0.1) is 7.11 Å². The van der Waals surface area contributed by atoms with Gasteiger partial charge >= 0.3 is 0 Å². The molecule has 7 heteroatoms. The number of nitrogens with zero attached hydrogens (tertiary/aromatic N) is 2. The molecular weight excluding hydrogens is 491 g/mol. The topological polar surface area (TPSA) is 66.0 Å². The first-order valence-electron chi connectivity index (χ1n) is 9.83. The van der Waals surface area contributed by atoms with Crippen molar-refractivity contribution >= 4 is 35.8 Å². The van der Waals surface area contributed by atoms with E-state index in [-0.39, 0.29) is 29.9 Å². The molecule has 0 spiro atoms. The van der Waals surface area contributed by atoms with Crippen LogP contribution in [-0.4, -0.2) is 58.1 Å². The molecule has 0 aliphatic carbocycles. The summed E-state index contributed by atoms with van der Waals surface area (Å²) in [4.78, 5) is 18.0. The highest BCUT2D eigenvalue weighted by atomic mass is 127. The van der Waals surface area contributed by atoms with Crippen molar-refractivity contribution in [2.45, 2.75) is 19.8 Å². The Kier molecular flexibility index (Phi) is 11.2. The van der Waals surface area contributed by atoms with Crippen LogP contribution in [0.3, 0.4) is 0 Å². The van der Waals surface area contributed by atoms with E-state index < -0.39 is 0 Å². The monoisotopic (exact) mass is 524 g/mol. The van der Waals surface area contributed by atoms with E-state index in [2.05, 4.69) is 33.8 Å². The zero-order chi connectivity index (χ0) is 21.2. The summed E-state index contributed by atoms with van der Waals surface area (Å²) in [5.74, 6) is 1.70. The number of rotatable bonds is 8. The van der Waals surface area contributed by atoms with Crippen LogP contribution in [0.5, 0.6) is 5.75 Å². The minimum absolute atomic E-state index is 0. The van der Waals surface area contributed by atoms with Crippen molar-refractivity contribution in [1.82, 2.24) is 15.5 Å². The molecule has 2 aromatic carbocycles. The summed E-state index contributed by atoms with van der Waals surface area (Å²) in [5, 5.41) is 6.66. The van der Waals surface area contributed by atoms with Crippen molar-refractivity contribution in [3.63, 3.8) is 0 Å². The normalized spacial score (nSPS) is 10.8. The summed E-state index contributed by atoms with van der Waals surface area (Å²) in [6.45, 7) is 3.55. The van der Waals surface area contributed by atoms with E-state index in [9.17, 15) is 4.79 Å². The Labute approximate surface area is 197 Å². The fourth-order valence-electron chi connectivity index (χ4n) is 3.01. The molecule has 2 N–H and O–H groups in total. The van der Waals surface area contributed by atoms with E-state index in [0.29, 0.717) is 5.56 Å². The lowest BCUT2D eigenvalue weighted by Gasteiger charge is -2.13. The third-order valence-corrected chi connectivity index (χ3v) is 4.69. The molecule has 2 rings (SSSR count). The lowest BCUT2D eigenvalue weighted by atomic mass is 10.1. The maximum atomic E-state index is 12.1. The summed E-state index contributed by atoms with van der Waals surface area (Å²) in [6, 6.07) is 14.0. The molecule has 0 aliphatic rings. The molecule has 0 atom stereocenters. The van der Waals surface area contributed by atoms with Crippen LogP contribution in [0.1, 0.15) is 27.0 Å². The molecular formula is C23H33IN4O2. The van der Waals surface area contributed by atoms with Crippen LogP contribution in [0.4, 0.5) is 0 Å².